The average molecular weight is 487 g/mol. The summed E-state index contributed by atoms with van der Waals surface area (Å²) in [6.45, 7) is 3.88. The highest BCUT2D eigenvalue weighted by Gasteiger charge is 2.47. The van der Waals surface area contributed by atoms with Crippen molar-refractivity contribution < 1.29 is 29.0 Å². The van der Waals surface area contributed by atoms with E-state index >= 15 is 0 Å². The fourth-order valence-corrected chi connectivity index (χ4v) is 4.27. The third-order valence-electron chi connectivity index (χ3n) is 5.94. The van der Waals surface area contributed by atoms with E-state index in [1.165, 1.54) is 12.0 Å². The van der Waals surface area contributed by atoms with Gasteiger partial charge in [0.25, 0.3) is 11.7 Å². The Labute approximate surface area is 208 Å². The van der Waals surface area contributed by atoms with Gasteiger partial charge in [0.1, 0.15) is 11.5 Å². The smallest absolute Gasteiger partial charge is 0.310 e. The number of ketones is 1. The third-order valence-corrected chi connectivity index (χ3v) is 5.94. The number of aliphatic hydroxyl groups excluding tert-OH is 1. The maximum absolute atomic E-state index is 13.3. The molecule has 0 saturated carbocycles. The number of ether oxygens (including phenoxy) is 2. The van der Waals surface area contributed by atoms with Crippen LogP contribution in [0.3, 0.4) is 0 Å². The molecule has 1 N–H and O–H groups in total. The molecule has 0 aliphatic carbocycles. The lowest BCUT2D eigenvalue weighted by molar-refractivity contribution is -0.142. The molecule has 3 aromatic rings. The van der Waals surface area contributed by atoms with Gasteiger partial charge in [0, 0.05) is 18.1 Å². The van der Waals surface area contributed by atoms with Crippen LogP contribution < -0.4 is 9.64 Å². The van der Waals surface area contributed by atoms with E-state index in [0.717, 1.165) is 5.56 Å². The van der Waals surface area contributed by atoms with Crippen molar-refractivity contribution >= 4 is 29.1 Å². The van der Waals surface area contributed by atoms with E-state index in [4.69, 9.17) is 9.47 Å². The molecule has 1 aromatic heterocycles. The molecule has 36 heavy (non-hydrogen) atoms. The predicted molar refractivity (Wildman–Crippen MR) is 134 cm³/mol. The molecule has 1 fully saturated rings. The Hall–Kier alpha value is -4.46. The number of pyridine rings is 1. The van der Waals surface area contributed by atoms with Crippen LogP contribution in [0.15, 0.2) is 72.6 Å². The zero-order chi connectivity index (χ0) is 25.8. The lowest BCUT2D eigenvalue weighted by Crippen LogP contribution is -2.29. The molecule has 2 aromatic carbocycles. The number of esters is 1. The Balaban J connectivity index is 1.83. The first-order valence-corrected chi connectivity index (χ1v) is 11.5. The van der Waals surface area contributed by atoms with Gasteiger partial charge in [-0.25, -0.2) is 0 Å². The van der Waals surface area contributed by atoms with Gasteiger partial charge in [-0.15, -0.1) is 0 Å². The van der Waals surface area contributed by atoms with Crippen LogP contribution in [-0.4, -0.2) is 41.5 Å². The van der Waals surface area contributed by atoms with Crippen molar-refractivity contribution in [1.29, 1.82) is 0 Å². The van der Waals surface area contributed by atoms with E-state index < -0.39 is 17.7 Å². The Morgan fingerprint density at radius 3 is 2.39 bits per heavy atom. The summed E-state index contributed by atoms with van der Waals surface area (Å²) < 4.78 is 10.4. The van der Waals surface area contributed by atoms with E-state index in [2.05, 4.69) is 4.98 Å². The fraction of sp³-hybridized carbons (Fsp3) is 0.214. The summed E-state index contributed by atoms with van der Waals surface area (Å²) in [5, 5.41) is 11.4. The molecule has 2 heterocycles. The Kier molecular flexibility index (Phi) is 7.15. The van der Waals surface area contributed by atoms with Gasteiger partial charge in [0.05, 0.1) is 37.3 Å². The minimum Gasteiger partial charge on any atom is -0.507 e. The van der Waals surface area contributed by atoms with Crippen LogP contribution in [0.2, 0.25) is 0 Å². The van der Waals surface area contributed by atoms with E-state index in [0.29, 0.717) is 34.7 Å². The summed E-state index contributed by atoms with van der Waals surface area (Å²) in [5.74, 6) is -1.88. The molecule has 1 atom stereocenters. The van der Waals surface area contributed by atoms with Gasteiger partial charge >= 0.3 is 5.97 Å². The number of benzene rings is 2. The third kappa shape index (κ3) is 4.70. The summed E-state index contributed by atoms with van der Waals surface area (Å²) in [5.41, 5.74) is 2.88. The number of aromatic nitrogens is 1. The fourth-order valence-electron chi connectivity index (χ4n) is 4.27. The van der Waals surface area contributed by atoms with E-state index in [1.807, 2.05) is 13.0 Å². The minimum absolute atomic E-state index is 0.0503. The summed E-state index contributed by atoms with van der Waals surface area (Å²) >= 11 is 0. The average Bonchev–Trinajstić information content (AvgIpc) is 3.15. The normalized spacial score (nSPS) is 16.8. The number of amides is 1. The van der Waals surface area contributed by atoms with E-state index in [-0.39, 0.29) is 23.7 Å². The van der Waals surface area contributed by atoms with Crippen LogP contribution in [-0.2, 0) is 25.5 Å². The van der Waals surface area contributed by atoms with Crippen molar-refractivity contribution in [3.05, 3.63) is 94.8 Å². The number of carbonyl (C=O) groups excluding carboxylic acids is 3. The van der Waals surface area contributed by atoms with Gasteiger partial charge in [-0.05, 0) is 61.4 Å². The van der Waals surface area contributed by atoms with Gasteiger partial charge in [0.2, 0.25) is 0 Å². The SMILES string of the molecule is CCOC(=O)Cc1ccc(N2C(=O)C(=O)/C(=C(/O)c3cc(C)ccc3OC)C2c2ccncc2)cc1. The maximum atomic E-state index is 13.3. The van der Waals surface area contributed by atoms with Crippen molar-refractivity contribution in [3.63, 3.8) is 0 Å². The van der Waals surface area contributed by atoms with Crippen molar-refractivity contribution in [2.24, 2.45) is 0 Å². The Morgan fingerprint density at radius 2 is 1.75 bits per heavy atom. The number of nitrogens with zero attached hydrogens (tertiary/aromatic N) is 2. The van der Waals surface area contributed by atoms with Crippen LogP contribution in [0, 0.1) is 6.92 Å². The standard InChI is InChI=1S/C28H26N2O6/c1-4-36-23(31)16-18-6-8-20(9-7-18)30-25(19-11-13-29-14-12-19)24(27(33)28(30)34)26(32)21-15-17(2)5-10-22(21)35-3/h5-15,25,32H,4,16H2,1-3H3/b26-24+. The Bertz CT molecular complexity index is 1330. The number of anilines is 1. The number of methoxy groups -OCH3 is 1. The molecule has 0 bridgehead atoms. The molecule has 184 valence electrons. The first-order chi connectivity index (χ1) is 17.3. The van der Waals surface area contributed by atoms with Crippen molar-refractivity contribution in [2.45, 2.75) is 26.3 Å². The molecule has 1 aliphatic rings. The highest BCUT2D eigenvalue weighted by atomic mass is 16.5. The number of aliphatic hydroxyl groups is 1. The number of hydrogen-bond acceptors (Lipinski definition) is 7. The van der Waals surface area contributed by atoms with Crippen molar-refractivity contribution in [1.82, 2.24) is 4.98 Å². The lowest BCUT2D eigenvalue weighted by atomic mass is 9.95. The highest BCUT2D eigenvalue weighted by molar-refractivity contribution is 6.51. The second kappa shape index (κ2) is 10.4. The first kappa shape index (κ1) is 24.7. The lowest BCUT2D eigenvalue weighted by Gasteiger charge is -2.25. The second-order valence-electron chi connectivity index (χ2n) is 8.30. The van der Waals surface area contributed by atoms with Crippen LogP contribution in [0.1, 0.15) is 35.2 Å². The molecular formula is C28H26N2O6. The number of carbonyl (C=O) groups is 3. The summed E-state index contributed by atoms with van der Waals surface area (Å²) in [6.07, 6.45) is 3.21. The molecule has 8 nitrogen and oxygen atoms in total. The molecule has 4 rings (SSSR count). The minimum atomic E-state index is -0.894. The molecule has 1 saturated heterocycles. The van der Waals surface area contributed by atoms with E-state index in [1.54, 1.807) is 67.8 Å². The van der Waals surface area contributed by atoms with Gasteiger partial charge in [-0.1, -0.05) is 23.8 Å². The topological polar surface area (TPSA) is 106 Å². The summed E-state index contributed by atoms with van der Waals surface area (Å²) in [4.78, 5) is 43.9. The van der Waals surface area contributed by atoms with Crippen molar-refractivity contribution in [3.8, 4) is 5.75 Å². The van der Waals surface area contributed by atoms with Gasteiger partial charge < -0.3 is 14.6 Å². The maximum Gasteiger partial charge on any atom is 0.310 e. The van der Waals surface area contributed by atoms with Crippen LogP contribution in [0.25, 0.3) is 5.76 Å². The first-order valence-electron chi connectivity index (χ1n) is 11.5. The number of rotatable bonds is 7. The van der Waals surface area contributed by atoms with Gasteiger partial charge in [-0.3, -0.25) is 24.3 Å². The highest BCUT2D eigenvalue weighted by Crippen LogP contribution is 2.43. The van der Waals surface area contributed by atoms with Gasteiger partial charge in [-0.2, -0.15) is 0 Å². The number of hydrogen-bond donors (Lipinski definition) is 1. The molecule has 1 amide bonds. The van der Waals surface area contributed by atoms with Crippen LogP contribution in [0.4, 0.5) is 5.69 Å². The molecule has 0 radical (unpaired) electrons. The Morgan fingerprint density at radius 1 is 1.06 bits per heavy atom. The summed E-state index contributed by atoms with van der Waals surface area (Å²) in [7, 11) is 1.47. The quantitative estimate of drug-likeness (QED) is 0.232. The molecule has 1 unspecified atom stereocenters. The second-order valence-corrected chi connectivity index (χ2v) is 8.30. The molecule has 0 spiro atoms. The zero-order valence-corrected chi connectivity index (χ0v) is 20.2. The largest absolute Gasteiger partial charge is 0.507 e. The molecular weight excluding hydrogens is 460 g/mol. The van der Waals surface area contributed by atoms with Gasteiger partial charge in [0.15, 0.2) is 0 Å². The van der Waals surface area contributed by atoms with E-state index in [9.17, 15) is 19.5 Å². The predicted octanol–water partition coefficient (Wildman–Crippen LogP) is 4.13. The molecule has 8 heteroatoms. The monoisotopic (exact) mass is 486 g/mol. The van der Waals surface area contributed by atoms with Crippen LogP contribution >= 0.6 is 0 Å². The number of aryl methyl sites for hydroxylation is 1. The number of Topliss-reactive ketones (excluding diaryl/α,β-unsaturated/α-hetero) is 1. The van der Waals surface area contributed by atoms with Crippen LogP contribution in [0.5, 0.6) is 5.75 Å². The van der Waals surface area contributed by atoms with Crippen molar-refractivity contribution in [2.75, 3.05) is 18.6 Å². The zero-order valence-electron chi connectivity index (χ0n) is 20.2. The summed E-state index contributed by atoms with van der Waals surface area (Å²) in [6, 6.07) is 14.5. The molecule has 1 aliphatic heterocycles.